The molecule has 164 valence electrons. The number of alkyl halides is 3. The Morgan fingerprint density at radius 1 is 1.06 bits per heavy atom. The molecule has 2 aromatic rings. The van der Waals surface area contributed by atoms with Gasteiger partial charge in [0.15, 0.2) is 0 Å². The Kier molecular flexibility index (Phi) is 4.89. The molecule has 0 radical (unpaired) electrons. The van der Waals surface area contributed by atoms with Gasteiger partial charge in [-0.05, 0) is 53.5 Å². The molecule has 0 aliphatic carbocycles. The summed E-state index contributed by atoms with van der Waals surface area (Å²) in [4.78, 5) is 11.9. The van der Waals surface area contributed by atoms with Crippen molar-refractivity contribution in [3.05, 3.63) is 58.5 Å². The van der Waals surface area contributed by atoms with Crippen LogP contribution in [0.25, 0.3) is 6.08 Å². The van der Waals surface area contributed by atoms with E-state index in [1.54, 1.807) is 0 Å². The highest BCUT2D eigenvalue weighted by Crippen LogP contribution is 2.31. The minimum atomic E-state index is -5.01. The number of anilines is 1. The zero-order valence-electron chi connectivity index (χ0n) is 15.7. The van der Waals surface area contributed by atoms with E-state index in [9.17, 15) is 34.8 Å². The highest BCUT2D eigenvalue weighted by Gasteiger charge is 2.43. The Morgan fingerprint density at radius 3 is 2.52 bits per heavy atom. The smallest absolute Gasteiger partial charge is 0.330 e. The number of hydrogen-bond donors (Lipinski definition) is 1. The average molecular weight is 472 g/mol. The maximum absolute atomic E-state index is 12.8. The molecule has 0 atom stereocenters. The number of nitrogens with one attached hydrogen (secondary N) is 1. The van der Waals surface area contributed by atoms with Gasteiger partial charge in [-0.3, -0.25) is 9.52 Å². The van der Waals surface area contributed by atoms with E-state index in [1.165, 1.54) is 42.5 Å². The lowest BCUT2D eigenvalue weighted by atomic mass is 10.00. The van der Waals surface area contributed by atoms with Gasteiger partial charge in [-0.1, -0.05) is 12.1 Å². The van der Waals surface area contributed by atoms with Crippen LogP contribution in [0, 0.1) is 0 Å². The Balaban J connectivity index is 1.60. The molecule has 2 aliphatic heterocycles. The lowest BCUT2D eigenvalue weighted by Crippen LogP contribution is -2.43. The van der Waals surface area contributed by atoms with Crippen LogP contribution in [0.4, 0.5) is 18.9 Å². The molecule has 1 N–H and O–H groups in total. The lowest BCUT2D eigenvalue weighted by Gasteiger charge is -2.29. The molecule has 0 saturated heterocycles. The number of carbonyl (C=O) groups is 1. The van der Waals surface area contributed by atoms with E-state index in [0.717, 1.165) is 5.41 Å². The van der Waals surface area contributed by atoms with E-state index in [-0.39, 0.29) is 35.0 Å². The van der Waals surface area contributed by atoms with Crippen LogP contribution in [0.1, 0.15) is 16.7 Å². The van der Waals surface area contributed by atoms with E-state index in [2.05, 4.69) is 4.72 Å². The fourth-order valence-corrected chi connectivity index (χ4v) is 5.81. The fourth-order valence-electron chi connectivity index (χ4n) is 3.49. The standard InChI is InChI=1S/C19H15F3N2O5S2/c20-19(21,22)18(25)24-7-5-12-2-4-16(9-14(12)11-24)31(28,29)23-15-3-1-13-6-8-30(26,27)17(13)10-15/h1-4,6,8-10,23H,5,7,11H2. The maximum atomic E-state index is 12.8. The molecule has 7 nitrogen and oxygen atoms in total. The molecule has 0 unspecified atom stereocenters. The van der Waals surface area contributed by atoms with Crippen molar-refractivity contribution in [1.29, 1.82) is 0 Å². The summed E-state index contributed by atoms with van der Waals surface area (Å²) in [5.41, 5.74) is 1.41. The molecule has 12 heteroatoms. The summed E-state index contributed by atoms with van der Waals surface area (Å²) in [5.74, 6) is -1.97. The summed E-state index contributed by atoms with van der Waals surface area (Å²) >= 11 is 0. The lowest BCUT2D eigenvalue weighted by molar-refractivity contribution is -0.186. The quantitative estimate of drug-likeness (QED) is 0.741. The van der Waals surface area contributed by atoms with Crippen molar-refractivity contribution in [2.24, 2.45) is 0 Å². The molecule has 1 amide bonds. The Morgan fingerprint density at radius 2 is 1.81 bits per heavy atom. The predicted molar refractivity (Wildman–Crippen MR) is 105 cm³/mol. The maximum Gasteiger partial charge on any atom is 0.471 e. The van der Waals surface area contributed by atoms with Crippen molar-refractivity contribution in [3.8, 4) is 0 Å². The number of sulfonamides is 1. The first kappa shape index (κ1) is 21.4. The van der Waals surface area contributed by atoms with Crippen LogP contribution in [0.15, 0.2) is 51.6 Å². The number of halogens is 3. The highest BCUT2D eigenvalue weighted by molar-refractivity contribution is 7.95. The van der Waals surface area contributed by atoms with Gasteiger partial charge in [0, 0.05) is 18.5 Å². The van der Waals surface area contributed by atoms with Gasteiger partial charge in [0.2, 0.25) is 9.84 Å². The highest BCUT2D eigenvalue weighted by atomic mass is 32.2. The van der Waals surface area contributed by atoms with Gasteiger partial charge < -0.3 is 4.90 Å². The van der Waals surface area contributed by atoms with Crippen LogP contribution >= 0.6 is 0 Å². The minimum Gasteiger partial charge on any atom is -0.330 e. The Labute approximate surface area is 176 Å². The summed E-state index contributed by atoms with van der Waals surface area (Å²) in [6.07, 6.45) is -3.44. The van der Waals surface area contributed by atoms with Crippen molar-refractivity contribution < 1.29 is 34.8 Å². The summed E-state index contributed by atoms with van der Waals surface area (Å²) in [7, 11) is -7.79. The van der Waals surface area contributed by atoms with Crippen LogP contribution in [0.3, 0.4) is 0 Å². The van der Waals surface area contributed by atoms with Crippen molar-refractivity contribution >= 4 is 37.5 Å². The van der Waals surface area contributed by atoms with Gasteiger partial charge in [0.25, 0.3) is 10.0 Å². The zero-order valence-corrected chi connectivity index (χ0v) is 17.3. The molecular weight excluding hydrogens is 457 g/mol. The van der Waals surface area contributed by atoms with E-state index in [0.29, 0.717) is 21.6 Å². The molecule has 4 rings (SSSR count). The normalized spacial score (nSPS) is 17.2. The number of carbonyl (C=O) groups excluding carboxylic acids is 1. The third-order valence-electron chi connectivity index (χ3n) is 5.03. The SMILES string of the molecule is O=C(N1CCc2ccc(S(=O)(=O)Nc3ccc4c(c3)S(=O)(=O)C=C4)cc2C1)C(F)(F)F. The first-order valence-electron chi connectivity index (χ1n) is 8.95. The topological polar surface area (TPSA) is 101 Å². The molecule has 2 aliphatic rings. The molecule has 0 fully saturated rings. The molecule has 0 bridgehead atoms. The summed E-state index contributed by atoms with van der Waals surface area (Å²) < 4.78 is 90.0. The van der Waals surface area contributed by atoms with Gasteiger partial charge in [-0.25, -0.2) is 16.8 Å². The number of hydrogen-bond acceptors (Lipinski definition) is 5. The number of sulfone groups is 1. The molecule has 0 saturated carbocycles. The van der Waals surface area contributed by atoms with Gasteiger partial charge in [-0.15, -0.1) is 0 Å². The molecular formula is C19H15F3N2O5S2. The largest absolute Gasteiger partial charge is 0.471 e. The molecule has 2 heterocycles. The molecule has 0 aromatic heterocycles. The van der Waals surface area contributed by atoms with Gasteiger partial charge >= 0.3 is 12.1 Å². The Bertz CT molecular complexity index is 1330. The van der Waals surface area contributed by atoms with Gasteiger partial charge in [-0.2, -0.15) is 13.2 Å². The van der Waals surface area contributed by atoms with Crippen molar-refractivity contribution in [2.75, 3.05) is 11.3 Å². The fraction of sp³-hybridized carbons (Fsp3) is 0.211. The summed E-state index contributed by atoms with van der Waals surface area (Å²) in [5, 5.41) is 1.02. The Hall–Kier alpha value is -2.86. The first-order chi connectivity index (χ1) is 14.4. The predicted octanol–water partition coefficient (Wildman–Crippen LogP) is 2.69. The third kappa shape index (κ3) is 4.04. The average Bonchev–Trinajstić information content (AvgIpc) is 3.00. The number of benzene rings is 2. The molecule has 2 aromatic carbocycles. The molecule has 0 spiro atoms. The van der Waals surface area contributed by atoms with E-state index in [1.807, 2.05) is 0 Å². The van der Waals surface area contributed by atoms with Gasteiger partial charge in [0.05, 0.1) is 15.5 Å². The second-order valence-electron chi connectivity index (χ2n) is 7.11. The monoisotopic (exact) mass is 472 g/mol. The van der Waals surface area contributed by atoms with E-state index < -0.39 is 31.9 Å². The first-order valence-corrected chi connectivity index (χ1v) is 12.0. The number of fused-ring (bicyclic) bond motifs is 2. The van der Waals surface area contributed by atoms with Gasteiger partial charge in [0.1, 0.15) is 0 Å². The van der Waals surface area contributed by atoms with Crippen molar-refractivity contribution in [3.63, 3.8) is 0 Å². The third-order valence-corrected chi connectivity index (χ3v) is 7.87. The second-order valence-corrected chi connectivity index (χ2v) is 10.6. The van der Waals surface area contributed by atoms with Crippen LogP contribution in [-0.4, -0.2) is 40.4 Å². The second kappa shape index (κ2) is 7.09. The van der Waals surface area contributed by atoms with E-state index >= 15 is 0 Å². The van der Waals surface area contributed by atoms with Crippen molar-refractivity contribution in [2.45, 2.75) is 28.9 Å². The number of nitrogens with zero attached hydrogens (tertiary/aromatic N) is 1. The zero-order chi connectivity index (χ0) is 22.6. The minimum absolute atomic E-state index is 0.0256. The molecule has 31 heavy (non-hydrogen) atoms. The van der Waals surface area contributed by atoms with Crippen LogP contribution in [0.2, 0.25) is 0 Å². The number of amides is 1. The summed E-state index contributed by atoms with van der Waals surface area (Å²) in [6, 6.07) is 8.10. The number of rotatable bonds is 3. The van der Waals surface area contributed by atoms with E-state index in [4.69, 9.17) is 0 Å². The van der Waals surface area contributed by atoms with Crippen LogP contribution in [-0.2, 0) is 37.6 Å². The van der Waals surface area contributed by atoms with Crippen molar-refractivity contribution in [1.82, 2.24) is 4.90 Å². The van der Waals surface area contributed by atoms with Crippen LogP contribution in [0.5, 0.6) is 0 Å². The summed E-state index contributed by atoms with van der Waals surface area (Å²) in [6.45, 7) is -0.479. The van der Waals surface area contributed by atoms with Crippen LogP contribution < -0.4 is 4.72 Å².